The van der Waals surface area contributed by atoms with Crippen LogP contribution in [0.5, 0.6) is 5.75 Å². The van der Waals surface area contributed by atoms with Crippen molar-refractivity contribution < 1.29 is 13.9 Å². The molecule has 25 heavy (non-hydrogen) atoms. The second-order valence-electron chi connectivity index (χ2n) is 6.12. The fraction of sp³-hybridized carbons (Fsp3) is 0.263. The van der Waals surface area contributed by atoms with Crippen LogP contribution in [0.3, 0.4) is 0 Å². The van der Waals surface area contributed by atoms with Gasteiger partial charge in [0.05, 0.1) is 22.2 Å². The lowest BCUT2D eigenvalue weighted by atomic mass is 9.95. The number of nitrogens with one attached hydrogen (secondary N) is 1. The number of hydrogen-bond acceptors (Lipinski definition) is 4. The van der Waals surface area contributed by atoms with Crippen LogP contribution < -0.4 is 10.1 Å². The lowest BCUT2D eigenvalue weighted by Gasteiger charge is -2.14. The Morgan fingerprint density at radius 2 is 2.04 bits per heavy atom. The Kier molecular flexibility index (Phi) is 3.92. The summed E-state index contributed by atoms with van der Waals surface area (Å²) >= 11 is 1.42. The molecule has 0 unspecified atom stereocenters. The summed E-state index contributed by atoms with van der Waals surface area (Å²) in [5.41, 5.74) is 1.13. The van der Waals surface area contributed by atoms with E-state index >= 15 is 0 Å². The normalized spacial score (nSPS) is 15.1. The molecule has 2 aromatic carbocycles. The highest BCUT2D eigenvalue weighted by molar-refractivity contribution is 7.22. The molecule has 3 aromatic rings. The van der Waals surface area contributed by atoms with Gasteiger partial charge in [-0.05, 0) is 55.7 Å². The largest absolute Gasteiger partial charge is 0.494 e. The number of carbonyl (C=O) groups excluding carboxylic acids is 1. The third-order valence-corrected chi connectivity index (χ3v) is 5.41. The first-order valence-electron chi connectivity index (χ1n) is 8.21. The minimum Gasteiger partial charge on any atom is -0.494 e. The number of ether oxygens (including phenoxy) is 1. The number of nitrogens with zero attached hydrogens (tertiary/aromatic N) is 1. The molecule has 1 fully saturated rings. The number of anilines is 1. The highest BCUT2D eigenvalue weighted by Gasteiger charge is 2.51. The van der Waals surface area contributed by atoms with Crippen molar-refractivity contribution in [1.29, 1.82) is 0 Å². The number of amides is 1. The molecule has 0 radical (unpaired) electrons. The van der Waals surface area contributed by atoms with E-state index in [0.29, 0.717) is 11.7 Å². The van der Waals surface area contributed by atoms with Crippen molar-refractivity contribution in [3.63, 3.8) is 0 Å². The number of fused-ring (bicyclic) bond motifs is 1. The molecule has 0 atom stereocenters. The SMILES string of the molecule is CCOc1ccc2nc(NC(=O)C3(c4ccc(F)cc4)CC3)sc2c1. The van der Waals surface area contributed by atoms with Crippen molar-refractivity contribution in [2.24, 2.45) is 0 Å². The van der Waals surface area contributed by atoms with Gasteiger partial charge in [-0.1, -0.05) is 23.5 Å². The minimum atomic E-state index is -0.554. The number of halogens is 1. The summed E-state index contributed by atoms with van der Waals surface area (Å²) in [7, 11) is 0. The van der Waals surface area contributed by atoms with Gasteiger partial charge in [-0.25, -0.2) is 9.37 Å². The summed E-state index contributed by atoms with van der Waals surface area (Å²) in [6.45, 7) is 2.54. The average Bonchev–Trinajstić information content (AvgIpc) is 3.31. The van der Waals surface area contributed by atoms with Crippen LogP contribution in [-0.4, -0.2) is 17.5 Å². The van der Waals surface area contributed by atoms with Crippen LogP contribution in [0.25, 0.3) is 10.2 Å². The average molecular weight is 356 g/mol. The van der Waals surface area contributed by atoms with Crippen molar-refractivity contribution in [3.05, 3.63) is 53.8 Å². The highest BCUT2D eigenvalue weighted by atomic mass is 32.1. The van der Waals surface area contributed by atoms with Gasteiger partial charge in [-0.3, -0.25) is 4.79 Å². The maximum Gasteiger partial charge on any atom is 0.236 e. The van der Waals surface area contributed by atoms with Crippen molar-refractivity contribution in [3.8, 4) is 5.75 Å². The molecule has 6 heteroatoms. The molecule has 0 spiro atoms. The summed E-state index contributed by atoms with van der Waals surface area (Å²) in [4.78, 5) is 17.2. The van der Waals surface area contributed by atoms with Gasteiger partial charge in [0.25, 0.3) is 0 Å². The maximum atomic E-state index is 13.1. The zero-order chi connectivity index (χ0) is 17.4. The second kappa shape index (κ2) is 6.11. The van der Waals surface area contributed by atoms with Crippen molar-refractivity contribution in [2.45, 2.75) is 25.2 Å². The third kappa shape index (κ3) is 2.98. The maximum absolute atomic E-state index is 13.1. The first-order chi connectivity index (χ1) is 12.1. The van der Waals surface area contributed by atoms with Gasteiger partial charge in [-0.15, -0.1) is 0 Å². The van der Waals surface area contributed by atoms with E-state index in [-0.39, 0.29) is 11.7 Å². The monoisotopic (exact) mass is 356 g/mol. The zero-order valence-corrected chi connectivity index (χ0v) is 14.5. The number of thiazole rings is 1. The molecule has 0 bridgehead atoms. The van der Waals surface area contributed by atoms with Gasteiger partial charge in [0.2, 0.25) is 5.91 Å². The molecule has 1 aliphatic carbocycles. The number of hydrogen-bond donors (Lipinski definition) is 1. The Hall–Kier alpha value is -2.47. The van der Waals surface area contributed by atoms with Crippen LogP contribution in [0.4, 0.5) is 9.52 Å². The highest BCUT2D eigenvalue weighted by Crippen LogP contribution is 2.49. The number of benzene rings is 2. The molecular formula is C19H17FN2O2S. The summed E-state index contributed by atoms with van der Waals surface area (Å²) in [5, 5.41) is 3.50. The number of carbonyl (C=O) groups is 1. The van der Waals surface area contributed by atoms with Gasteiger partial charge in [-0.2, -0.15) is 0 Å². The smallest absolute Gasteiger partial charge is 0.236 e. The van der Waals surface area contributed by atoms with Crippen LogP contribution >= 0.6 is 11.3 Å². The van der Waals surface area contributed by atoms with E-state index in [1.165, 1.54) is 23.5 Å². The van der Waals surface area contributed by atoms with Crippen molar-refractivity contribution >= 4 is 32.6 Å². The van der Waals surface area contributed by atoms with E-state index in [1.54, 1.807) is 12.1 Å². The minimum absolute atomic E-state index is 0.0804. The molecule has 1 heterocycles. The molecular weight excluding hydrogens is 339 g/mol. The van der Waals surface area contributed by atoms with Crippen molar-refractivity contribution in [1.82, 2.24) is 4.98 Å². The molecule has 4 rings (SSSR count). The standard InChI is InChI=1S/C19H17FN2O2S/c1-2-24-14-7-8-15-16(11-14)25-18(21-15)22-17(23)19(9-10-19)12-3-5-13(20)6-4-12/h3-8,11H,2,9-10H2,1H3,(H,21,22,23). The van der Waals surface area contributed by atoms with E-state index in [0.717, 1.165) is 34.4 Å². The van der Waals surface area contributed by atoms with Crippen LogP contribution in [0, 0.1) is 5.82 Å². The van der Waals surface area contributed by atoms with Crippen LogP contribution in [-0.2, 0) is 10.2 Å². The Balaban J connectivity index is 1.56. The van der Waals surface area contributed by atoms with E-state index in [2.05, 4.69) is 10.3 Å². The van der Waals surface area contributed by atoms with Crippen LogP contribution in [0.15, 0.2) is 42.5 Å². The fourth-order valence-electron chi connectivity index (χ4n) is 2.97. The molecule has 0 saturated heterocycles. The van der Waals surface area contributed by atoms with Crippen molar-refractivity contribution in [2.75, 3.05) is 11.9 Å². The summed E-state index contributed by atoms with van der Waals surface area (Å²) in [6.07, 6.45) is 1.54. The zero-order valence-electron chi connectivity index (χ0n) is 13.7. The molecule has 1 aliphatic rings. The van der Waals surface area contributed by atoms with Gasteiger partial charge < -0.3 is 10.1 Å². The van der Waals surface area contributed by atoms with Gasteiger partial charge >= 0.3 is 0 Å². The molecule has 1 amide bonds. The Morgan fingerprint density at radius 3 is 2.72 bits per heavy atom. The van der Waals surface area contributed by atoms with Crippen LogP contribution in [0.2, 0.25) is 0 Å². The lowest BCUT2D eigenvalue weighted by molar-refractivity contribution is -0.118. The number of aromatic nitrogens is 1. The molecule has 4 nitrogen and oxygen atoms in total. The second-order valence-corrected chi connectivity index (χ2v) is 7.16. The van der Waals surface area contributed by atoms with E-state index in [4.69, 9.17) is 4.74 Å². The van der Waals surface area contributed by atoms with Gasteiger partial charge in [0.1, 0.15) is 11.6 Å². The van der Waals surface area contributed by atoms with E-state index < -0.39 is 5.41 Å². The van der Waals surface area contributed by atoms with E-state index in [9.17, 15) is 9.18 Å². The summed E-state index contributed by atoms with van der Waals surface area (Å²) in [6, 6.07) is 11.9. The quantitative estimate of drug-likeness (QED) is 0.732. The lowest BCUT2D eigenvalue weighted by Crippen LogP contribution is -2.27. The predicted molar refractivity (Wildman–Crippen MR) is 96.7 cm³/mol. The molecule has 128 valence electrons. The van der Waals surface area contributed by atoms with Gasteiger partial charge in [0.15, 0.2) is 5.13 Å². The molecule has 1 saturated carbocycles. The third-order valence-electron chi connectivity index (χ3n) is 4.47. The molecule has 1 N–H and O–H groups in total. The summed E-state index contributed by atoms with van der Waals surface area (Å²) < 4.78 is 19.6. The van der Waals surface area contributed by atoms with Gasteiger partial charge in [0, 0.05) is 0 Å². The Labute approximate surface area is 148 Å². The molecule has 1 aromatic heterocycles. The topological polar surface area (TPSA) is 51.2 Å². The Morgan fingerprint density at radius 1 is 1.28 bits per heavy atom. The summed E-state index contributed by atoms with van der Waals surface area (Å²) in [5.74, 6) is 0.418. The molecule has 0 aliphatic heterocycles. The first kappa shape index (κ1) is 16.0. The van der Waals surface area contributed by atoms with Crippen LogP contribution in [0.1, 0.15) is 25.3 Å². The van der Waals surface area contributed by atoms with E-state index in [1.807, 2.05) is 25.1 Å². The fourth-order valence-corrected chi connectivity index (χ4v) is 3.86. The first-order valence-corrected chi connectivity index (χ1v) is 9.03. The number of rotatable bonds is 5. The Bertz CT molecular complexity index is 932. The predicted octanol–water partition coefficient (Wildman–Crippen LogP) is 4.50.